The van der Waals surface area contributed by atoms with Gasteiger partial charge in [0.2, 0.25) is 0 Å². The third kappa shape index (κ3) is 7.04. The van der Waals surface area contributed by atoms with E-state index >= 15 is 0 Å². The van der Waals surface area contributed by atoms with E-state index in [1.807, 2.05) is 0 Å². The molecule has 1 rings (SSSR count). The molecule has 0 amide bonds. The van der Waals surface area contributed by atoms with Gasteiger partial charge in [0.05, 0.1) is 0 Å². The van der Waals surface area contributed by atoms with Crippen molar-refractivity contribution in [2.24, 2.45) is 0 Å². The lowest BCUT2D eigenvalue weighted by atomic mass is 10.3. The number of ether oxygens (including phenoxy) is 4. The molecule has 1 aromatic rings. The van der Waals surface area contributed by atoms with Crippen LogP contribution in [0.4, 0.5) is 0 Å². The Morgan fingerprint density at radius 1 is 0.818 bits per heavy atom. The lowest BCUT2D eigenvalue weighted by molar-refractivity contribution is -0.152. The molecule has 0 unspecified atom stereocenters. The van der Waals surface area contributed by atoms with Crippen LogP contribution in [0, 0.1) is 0 Å². The molecule has 8 heteroatoms. The van der Waals surface area contributed by atoms with Crippen LogP contribution in [-0.4, -0.2) is 37.1 Å². The van der Waals surface area contributed by atoms with Crippen LogP contribution in [0.2, 0.25) is 0 Å². The predicted molar refractivity (Wildman–Crippen MR) is 71.0 cm³/mol. The summed E-state index contributed by atoms with van der Waals surface area (Å²) in [6, 6.07) is 5.68. The molecule has 8 nitrogen and oxygen atoms in total. The number of rotatable bonds is 6. The first-order chi connectivity index (χ1) is 10.4. The zero-order chi connectivity index (χ0) is 16.5. The van der Waals surface area contributed by atoms with Gasteiger partial charge in [0, 0.05) is 19.9 Å². The summed E-state index contributed by atoms with van der Waals surface area (Å²) in [4.78, 5) is 43.9. The number of carbonyl (C=O) groups is 4. The molecule has 0 bridgehead atoms. The summed E-state index contributed by atoms with van der Waals surface area (Å²) >= 11 is 0. The smallest absolute Gasteiger partial charge is 0.349 e. The minimum absolute atomic E-state index is 0.106. The molecule has 0 radical (unpaired) electrons. The van der Waals surface area contributed by atoms with Crippen LogP contribution in [0.15, 0.2) is 24.3 Å². The highest BCUT2D eigenvalue weighted by molar-refractivity contribution is 5.78. The largest absolute Gasteiger partial charge is 0.454 e. The van der Waals surface area contributed by atoms with Gasteiger partial charge in [-0.1, -0.05) is 6.07 Å². The van der Waals surface area contributed by atoms with E-state index in [-0.39, 0.29) is 11.5 Å². The third-order valence-corrected chi connectivity index (χ3v) is 2.06. The third-order valence-electron chi connectivity index (χ3n) is 2.06. The maximum Gasteiger partial charge on any atom is 0.349 e. The first-order valence-electron chi connectivity index (χ1n) is 6.15. The highest BCUT2D eigenvalue weighted by atomic mass is 16.6. The van der Waals surface area contributed by atoms with Gasteiger partial charge in [-0.25, -0.2) is 9.59 Å². The second kappa shape index (κ2) is 8.40. The van der Waals surface area contributed by atoms with Crippen LogP contribution in [-0.2, 0) is 28.7 Å². The summed E-state index contributed by atoms with van der Waals surface area (Å²) in [5.41, 5.74) is 0. The SMILES string of the molecule is CC(=O)OCC(=O)Oc1cccc(OC(=O)COC(C)=O)c1. The van der Waals surface area contributed by atoms with Gasteiger partial charge in [0.1, 0.15) is 11.5 Å². The molecule has 0 spiro atoms. The van der Waals surface area contributed by atoms with E-state index in [4.69, 9.17) is 9.47 Å². The van der Waals surface area contributed by atoms with Gasteiger partial charge in [-0.05, 0) is 12.1 Å². The first kappa shape index (κ1) is 17.2. The van der Waals surface area contributed by atoms with Crippen molar-refractivity contribution >= 4 is 23.9 Å². The second-order valence-corrected chi connectivity index (χ2v) is 3.98. The Bertz CT molecular complexity index is 531. The minimum Gasteiger partial charge on any atom is -0.454 e. The zero-order valence-electron chi connectivity index (χ0n) is 12.0. The van der Waals surface area contributed by atoms with Crippen molar-refractivity contribution in [3.63, 3.8) is 0 Å². The van der Waals surface area contributed by atoms with Crippen LogP contribution in [0.3, 0.4) is 0 Å². The maximum absolute atomic E-state index is 11.4. The average molecular weight is 310 g/mol. The zero-order valence-corrected chi connectivity index (χ0v) is 12.0. The molecule has 22 heavy (non-hydrogen) atoms. The lowest BCUT2D eigenvalue weighted by Crippen LogP contribution is -2.18. The van der Waals surface area contributed by atoms with Crippen molar-refractivity contribution in [1.82, 2.24) is 0 Å². The topological polar surface area (TPSA) is 105 Å². The highest BCUT2D eigenvalue weighted by Gasteiger charge is 2.10. The molecule has 0 saturated carbocycles. The number of carbonyl (C=O) groups excluding carboxylic acids is 4. The number of hydrogen-bond donors (Lipinski definition) is 0. The van der Waals surface area contributed by atoms with Crippen LogP contribution in [0.25, 0.3) is 0 Å². The van der Waals surface area contributed by atoms with Gasteiger partial charge in [0.15, 0.2) is 13.2 Å². The molecule has 0 aliphatic heterocycles. The van der Waals surface area contributed by atoms with Gasteiger partial charge in [-0.15, -0.1) is 0 Å². The molecule has 0 fully saturated rings. The van der Waals surface area contributed by atoms with E-state index in [0.29, 0.717) is 0 Å². The fourth-order valence-electron chi connectivity index (χ4n) is 1.24. The van der Waals surface area contributed by atoms with Crippen molar-refractivity contribution in [2.45, 2.75) is 13.8 Å². The Hall–Kier alpha value is -2.90. The fourth-order valence-corrected chi connectivity index (χ4v) is 1.24. The predicted octanol–water partition coefficient (Wildman–Crippen LogP) is 0.624. The maximum atomic E-state index is 11.4. The summed E-state index contributed by atoms with van der Waals surface area (Å²) in [6.07, 6.45) is 0. The van der Waals surface area contributed by atoms with Gasteiger partial charge < -0.3 is 18.9 Å². The van der Waals surface area contributed by atoms with Crippen molar-refractivity contribution < 1.29 is 38.1 Å². The van der Waals surface area contributed by atoms with Crippen LogP contribution >= 0.6 is 0 Å². The summed E-state index contributed by atoms with van der Waals surface area (Å²) in [5.74, 6) is -2.56. The number of hydrogen-bond acceptors (Lipinski definition) is 8. The highest BCUT2D eigenvalue weighted by Crippen LogP contribution is 2.19. The lowest BCUT2D eigenvalue weighted by Gasteiger charge is -2.07. The number of benzene rings is 1. The Labute approximate surface area is 125 Å². The molecule has 0 N–H and O–H groups in total. The summed E-state index contributed by atoms with van der Waals surface area (Å²) < 4.78 is 18.7. The Morgan fingerprint density at radius 3 is 1.59 bits per heavy atom. The number of esters is 4. The summed E-state index contributed by atoms with van der Waals surface area (Å²) in [7, 11) is 0. The first-order valence-corrected chi connectivity index (χ1v) is 6.15. The van der Waals surface area contributed by atoms with E-state index in [0.717, 1.165) is 13.8 Å². The molecule has 0 aliphatic carbocycles. The Kier molecular flexibility index (Phi) is 6.55. The van der Waals surface area contributed by atoms with Crippen molar-refractivity contribution in [2.75, 3.05) is 13.2 Å². The van der Waals surface area contributed by atoms with Gasteiger partial charge in [-0.3, -0.25) is 9.59 Å². The van der Waals surface area contributed by atoms with Gasteiger partial charge >= 0.3 is 23.9 Å². The quantitative estimate of drug-likeness (QED) is 0.556. The van der Waals surface area contributed by atoms with Crippen molar-refractivity contribution in [3.05, 3.63) is 24.3 Å². The molecule has 0 heterocycles. The van der Waals surface area contributed by atoms with E-state index < -0.39 is 37.1 Å². The van der Waals surface area contributed by atoms with E-state index in [1.54, 1.807) is 0 Å². The van der Waals surface area contributed by atoms with Crippen LogP contribution in [0.1, 0.15) is 13.8 Å². The van der Waals surface area contributed by atoms with E-state index in [2.05, 4.69) is 9.47 Å². The normalized spacial score (nSPS) is 9.55. The molecule has 0 saturated heterocycles. The van der Waals surface area contributed by atoms with Crippen molar-refractivity contribution in [3.8, 4) is 11.5 Å². The monoisotopic (exact) mass is 310 g/mol. The van der Waals surface area contributed by atoms with Crippen LogP contribution in [0.5, 0.6) is 11.5 Å². The van der Waals surface area contributed by atoms with E-state index in [1.165, 1.54) is 24.3 Å². The standard InChI is InChI=1S/C14H14O8/c1-9(15)19-7-13(17)21-11-4-3-5-12(6-11)22-14(18)8-20-10(2)16/h3-6H,7-8H2,1-2H3. The Morgan fingerprint density at radius 2 is 1.23 bits per heavy atom. The van der Waals surface area contributed by atoms with Gasteiger partial charge in [-0.2, -0.15) is 0 Å². The molecular weight excluding hydrogens is 296 g/mol. The molecule has 0 aromatic heterocycles. The van der Waals surface area contributed by atoms with Crippen molar-refractivity contribution in [1.29, 1.82) is 0 Å². The minimum atomic E-state index is -0.779. The second-order valence-electron chi connectivity index (χ2n) is 3.98. The Balaban J connectivity index is 2.54. The summed E-state index contributed by atoms with van der Waals surface area (Å²) in [6.45, 7) is 1.28. The van der Waals surface area contributed by atoms with Crippen LogP contribution < -0.4 is 9.47 Å². The molecular formula is C14H14O8. The molecule has 118 valence electrons. The van der Waals surface area contributed by atoms with Gasteiger partial charge in [0.25, 0.3) is 0 Å². The molecule has 1 aromatic carbocycles. The average Bonchev–Trinajstić information content (AvgIpc) is 2.43. The van der Waals surface area contributed by atoms with E-state index in [9.17, 15) is 19.2 Å². The molecule has 0 atom stereocenters. The fraction of sp³-hybridized carbons (Fsp3) is 0.286. The summed E-state index contributed by atoms with van der Waals surface area (Å²) in [5, 5.41) is 0. The molecule has 0 aliphatic rings.